The van der Waals surface area contributed by atoms with Crippen molar-refractivity contribution in [3.8, 4) is 5.75 Å². The van der Waals surface area contributed by atoms with Crippen LogP contribution in [0.3, 0.4) is 0 Å². The van der Waals surface area contributed by atoms with Crippen molar-refractivity contribution in [3.05, 3.63) is 65.2 Å². The summed E-state index contributed by atoms with van der Waals surface area (Å²) in [4.78, 5) is 16.7. The highest BCUT2D eigenvalue weighted by atomic mass is 19.2. The first-order valence-electron chi connectivity index (χ1n) is 7.06. The molecule has 1 amide bonds. The molecule has 0 atom stereocenters. The number of amides is 1. The van der Waals surface area contributed by atoms with Crippen molar-refractivity contribution in [2.45, 2.75) is 6.61 Å². The van der Waals surface area contributed by atoms with E-state index in [1.807, 2.05) is 0 Å². The van der Waals surface area contributed by atoms with Gasteiger partial charge in [0, 0.05) is 18.7 Å². The molecule has 1 N–H and O–H groups in total. The zero-order valence-corrected chi connectivity index (χ0v) is 13.2. The van der Waals surface area contributed by atoms with E-state index in [9.17, 15) is 13.6 Å². The molecule has 0 fully saturated rings. The third-order valence-electron chi connectivity index (χ3n) is 3.18. The normalized spacial score (nSPS) is 11.1. The highest BCUT2D eigenvalue weighted by molar-refractivity contribution is 6.45. The zero-order chi connectivity index (χ0) is 17.5. The molecular weight excluding hydrogens is 318 g/mol. The summed E-state index contributed by atoms with van der Waals surface area (Å²) in [7, 11) is 2.82. The van der Waals surface area contributed by atoms with Gasteiger partial charge in [0.25, 0.3) is 5.91 Å². The van der Waals surface area contributed by atoms with Gasteiger partial charge in [0.05, 0.1) is 0 Å². The van der Waals surface area contributed by atoms with E-state index in [1.54, 1.807) is 24.3 Å². The number of hydrogen-bond donors (Lipinski definition) is 1. The van der Waals surface area contributed by atoms with Crippen molar-refractivity contribution in [2.24, 2.45) is 5.16 Å². The Balaban J connectivity index is 2.26. The molecule has 0 radical (unpaired) electrons. The highest BCUT2D eigenvalue weighted by Gasteiger charge is 2.17. The van der Waals surface area contributed by atoms with Gasteiger partial charge in [-0.15, -0.1) is 0 Å². The number of nitrogens with zero attached hydrogens (tertiary/aromatic N) is 1. The van der Waals surface area contributed by atoms with Crippen LogP contribution in [0.25, 0.3) is 0 Å². The van der Waals surface area contributed by atoms with Gasteiger partial charge in [0.1, 0.15) is 19.5 Å². The first-order chi connectivity index (χ1) is 11.6. The molecule has 2 aromatic carbocycles. The number of ether oxygens (including phenoxy) is 1. The number of nitrogens with one attached hydrogen (secondary N) is 1. The van der Waals surface area contributed by atoms with E-state index in [0.29, 0.717) is 11.1 Å². The molecular formula is C17H16F2N2O3. The molecule has 0 aliphatic rings. The Hall–Kier alpha value is -2.96. The molecule has 0 unspecified atom stereocenters. The first-order valence-corrected chi connectivity index (χ1v) is 7.06. The van der Waals surface area contributed by atoms with Gasteiger partial charge < -0.3 is 14.9 Å². The Bertz CT molecular complexity index is 763. The van der Waals surface area contributed by atoms with Gasteiger partial charge in [-0.3, -0.25) is 4.79 Å². The fourth-order valence-corrected chi connectivity index (χ4v) is 2.03. The molecule has 5 nitrogen and oxygen atoms in total. The second-order valence-corrected chi connectivity index (χ2v) is 4.72. The van der Waals surface area contributed by atoms with Crippen LogP contribution < -0.4 is 10.1 Å². The van der Waals surface area contributed by atoms with E-state index in [1.165, 1.54) is 20.2 Å². The van der Waals surface area contributed by atoms with Gasteiger partial charge in [-0.2, -0.15) is 0 Å². The summed E-state index contributed by atoms with van der Waals surface area (Å²) in [6.07, 6.45) is 0. The minimum absolute atomic E-state index is 0.0426. The summed E-state index contributed by atoms with van der Waals surface area (Å²) < 4.78 is 31.6. The van der Waals surface area contributed by atoms with E-state index >= 15 is 0 Å². The Morgan fingerprint density at radius 1 is 1.17 bits per heavy atom. The standard InChI is InChI=1S/C17H16F2N2O3/c1-20-17(22)16(21-23-2)13-6-4-3-5-11(13)10-24-12-7-8-14(18)15(19)9-12/h3-9H,10H2,1-2H3,(H,20,22)/b21-16+. The zero-order valence-electron chi connectivity index (χ0n) is 13.2. The Morgan fingerprint density at radius 3 is 2.58 bits per heavy atom. The molecule has 0 aliphatic heterocycles. The van der Waals surface area contributed by atoms with Crippen molar-refractivity contribution >= 4 is 11.6 Å². The van der Waals surface area contributed by atoms with Gasteiger partial charge in [-0.05, 0) is 17.7 Å². The number of benzene rings is 2. The molecule has 2 rings (SSSR count). The van der Waals surface area contributed by atoms with Crippen LogP contribution in [0.1, 0.15) is 11.1 Å². The molecule has 0 saturated heterocycles. The van der Waals surface area contributed by atoms with Crippen LogP contribution in [0.4, 0.5) is 8.78 Å². The van der Waals surface area contributed by atoms with Crippen LogP contribution in [-0.2, 0) is 16.2 Å². The number of hydrogen-bond acceptors (Lipinski definition) is 4. The summed E-state index contributed by atoms with van der Waals surface area (Å²) in [6, 6.07) is 10.2. The third kappa shape index (κ3) is 4.07. The van der Waals surface area contributed by atoms with Crippen LogP contribution in [0.2, 0.25) is 0 Å². The first kappa shape index (κ1) is 17.4. The predicted molar refractivity (Wildman–Crippen MR) is 84.7 cm³/mol. The number of rotatable bonds is 6. The lowest BCUT2D eigenvalue weighted by Crippen LogP contribution is -2.29. The molecule has 24 heavy (non-hydrogen) atoms. The maximum Gasteiger partial charge on any atom is 0.273 e. The summed E-state index contributed by atoms with van der Waals surface area (Å²) >= 11 is 0. The smallest absolute Gasteiger partial charge is 0.273 e. The lowest BCUT2D eigenvalue weighted by Gasteiger charge is -2.12. The van der Waals surface area contributed by atoms with Crippen molar-refractivity contribution in [2.75, 3.05) is 14.2 Å². The quantitative estimate of drug-likeness (QED) is 0.653. The van der Waals surface area contributed by atoms with Crippen molar-refractivity contribution in [1.82, 2.24) is 5.32 Å². The van der Waals surface area contributed by atoms with Gasteiger partial charge in [0.2, 0.25) is 0 Å². The monoisotopic (exact) mass is 334 g/mol. The average Bonchev–Trinajstić information content (AvgIpc) is 2.60. The number of carbonyl (C=O) groups excluding carboxylic acids is 1. The molecule has 0 saturated carbocycles. The molecule has 0 spiro atoms. The topological polar surface area (TPSA) is 59.9 Å². The van der Waals surface area contributed by atoms with E-state index in [-0.39, 0.29) is 18.1 Å². The van der Waals surface area contributed by atoms with E-state index in [0.717, 1.165) is 12.1 Å². The fourth-order valence-electron chi connectivity index (χ4n) is 2.03. The molecule has 126 valence electrons. The van der Waals surface area contributed by atoms with Gasteiger partial charge >= 0.3 is 0 Å². The van der Waals surface area contributed by atoms with Crippen molar-refractivity contribution in [3.63, 3.8) is 0 Å². The second-order valence-electron chi connectivity index (χ2n) is 4.72. The number of carbonyl (C=O) groups is 1. The second kappa shape index (κ2) is 8.05. The summed E-state index contributed by atoms with van der Waals surface area (Å²) in [5.74, 6) is -2.18. The lowest BCUT2D eigenvalue weighted by atomic mass is 10.0. The summed E-state index contributed by atoms with van der Waals surface area (Å²) in [5, 5.41) is 6.23. The largest absolute Gasteiger partial charge is 0.489 e. The Labute approximate surface area is 137 Å². The number of likely N-dealkylation sites (N-methyl/N-ethyl adjacent to an activating group) is 1. The van der Waals surface area contributed by atoms with Crippen LogP contribution in [0, 0.1) is 11.6 Å². The minimum atomic E-state index is -0.993. The molecule has 0 aliphatic carbocycles. The SMILES string of the molecule is CNC(=O)/C(=N/OC)c1ccccc1COc1ccc(F)c(F)c1. The molecule has 0 aromatic heterocycles. The van der Waals surface area contributed by atoms with Crippen LogP contribution >= 0.6 is 0 Å². The summed E-state index contributed by atoms with van der Waals surface area (Å²) in [5.41, 5.74) is 1.24. The molecule has 2 aromatic rings. The molecule has 0 heterocycles. The van der Waals surface area contributed by atoms with Crippen molar-refractivity contribution < 1.29 is 23.1 Å². The fraction of sp³-hybridized carbons (Fsp3) is 0.176. The lowest BCUT2D eigenvalue weighted by molar-refractivity contribution is -0.114. The minimum Gasteiger partial charge on any atom is -0.489 e. The molecule has 7 heteroatoms. The molecule has 0 bridgehead atoms. The van der Waals surface area contributed by atoms with E-state index in [4.69, 9.17) is 9.57 Å². The van der Waals surface area contributed by atoms with Gasteiger partial charge in [-0.25, -0.2) is 8.78 Å². The summed E-state index contributed by atoms with van der Waals surface area (Å²) in [6.45, 7) is 0.0426. The van der Waals surface area contributed by atoms with Crippen LogP contribution in [0.5, 0.6) is 5.75 Å². The van der Waals surface area contributed by atoms with Crippen LogP contribution in [-0.4, -0.2) is 25.8 Å². The van der Waals surface area contributed by atoms with Gasteiger partial charge in [0.15, 0.2) is 17.3 Å². The Kier molecular flexibility index (Phi) is 5.83. The number of halogens is 2. The highest BCUT2D eigenvalue weighted by Crippen LogP contribution is 2.18. The predicted octanol–water partition coefficient (Wildman–Crippen LogP) is 2.64. The average molecular weight is 334 g/mol. The number of oxime groups is 1. The maximum absolute atomic E-state index is 13.2. The maximum atomic E-state index is 13.2. The van der Waals surface area contributed by atoms with E-state index in [2.05, 4.69) is 10.5 Å². The van der Waals surface area contributed by atoms with Crippen LogP contribution in [0.15, 0.2) is 47.6 Å². The Morgan fingerprint density at radius 2 is 1.92 bits per heavy atom. The van der Waals surface area contributed by atoms with E-state index < -0.39 is 17.5 Å². The van der Waals surface area contributed by atoms with Gasteiger partial charge in [-0.1, -0.05) is 29.4 Å². The van der Waals surface area contributed by atoms with Crippen molar-refractivity contribution in [1.29, 1.82) is 0 Å². The third-order valence-corrected chi connectivity index (χ3v) is 3.18.